The van der Waals surface area contributed by atoms with Gasteiger partial charge in [-0.1, -0.05) is 30.3 Å². The molecule has 2 aliphatic rings. The fourth-order valence-electron chi connectivity index (χ4n) is 2.42. The quantitative estimate of drug-likeness (QED) is 0.581. The highest BCUT2D eigenvalue weighted by Crippen LogP contribution is 2.17. The Morgan fingerprint density at radius 3 is 2.60 bits per heavy atom. The predicted molar refractivity (Wildman–Crippen MR) is 76.9 cm³/mol. The molecule has 0 aliphatic heterocycles. The molecule has 0 unspecified atom stereocenters. The van der Waals surface area contributed by atoms with Crippen molar-refractivity contribution >= 4 is 5.97 Å². The van der Waals surface area contributed by atoms with Crippen LogP contribution in [0.2, 0.25) is 0 Å². The van der Waals surface area contributed by atoms with Crippen LogP contribution in [0, 0.1) is 17.2 Å². The van der Waals surface area contributed by atoms with E-state index in [2.05, 4.69) is 30.3 Å². The summed E-state index contributed by atoms with van der Waals surface area (Å²) in [6.07, 6.45) is 6.90. The largest absolute Gasteiger partial charge is 0.458 e. The number of esters is 1. The minimum absolute atomic E-state index is 0.107. The lowest BCUT2D eigenvalue weighted by molar-refractivity contribution is -0.144. The van der Waals surface area contributed by atoms with E-state index in [-0.39, 0.29) is 18.0 Å². The third-order valence-electron chi connectivity index (χ3n) is 3.48. The third kappa shape index (κ3) is 4.24. The summed E-state index contributed by atoms with van der Waals surface area (Å²) in [5.41, 5.74) is 2.43. The minimum atomic E-state index is -0.298. The zero-order valence-electron chi connectivity index (χ0n) is 11.7. The van der Waals surface area contributed by atoms with Gasteiger partial charge in [-0.15, -0.1) is 0 Å². The van der Waals surface area contributed by atoms with E-state index in [0.717, 1.165) is 24.8 Å². The van der Waals surface area contributed by atoms with Gasteiger partial charge in [0.2, 0.25) is 0 Å². The van der Waals surface area contributed by atoms with Gasteiger partial charge in [-0.25, -0.2) is 0 Å². The highest BCUT2D eigenvalue weighted by molar-refractivity contribution is 5.66. The molecule has 2 bridgehead atoms. The number of ether oxygens (including phenoxy) is 1. The molecule has 0 amide bonds. The molecule has 2 aliphatic carbocycles. The van der Waals surface area contributed by atoms with E-state index in [4.69, 9.17) is 10.00 Å². The van der Waals surface area contributed by atoms with E-state index in [1.165, 1.54) is 12.5 Å². The molecule has 1 aromatic rings. The van der Waals surface area contributed by atoms with E-state index in [1.54, 1.807) is 0 Å². The lowest BCUT2D eigenvalue weighted by Gasteiger charge is -2.15. The Kier molecular flexibility index (Phi) is 4.95. The molecule has 2 atom stereocenters. The van der Waals surface area contributed by atoms with E-state index < -0.39 is 0 Å². The van der Waals surface area contributed by atoms with Crippen LogP contribution >= 0.6 is 0 Å². The summed E-state index contributed by atoms with van der Waals surface area (Å²) in [4.78, 5) is 11.2. The maximum atomic E-state index is 11.2. The van der Waals surface area contributed by atoms with E-state index in [0.29, 0.717) is 6.42 Å². The summed E-state index contributed by atoms with van der Waals surface area (Å²) >= 11 is 0. The van der Waals surface area contributed by atoms with Gasteiger partial charge in [0.1, 0.15) is 6.10 Å². The van der Waals surface area contributed by atoms with Gasteiger partial charge in [-0.3, -0.25) is 4.79 Å². The van der Waals surface area contributed by atoms with Crippen LogP contribution in [0.25, 0.3) is 0 Å². The van der Waals surface area contributed by atoms with Crippen molar-refractivity contribution in [2.45, 2.75) is 38.7 Å². The molecule has 3 nitrogen and oxygen atoms in total. The fourth-order valence-corrected chi connectivity index (χ4v) is 2.42. The number of hydrogen-bond acceptors (Lipinski definition) is 3. The molecule has 104 valence electrons. The maximum Gasteiger partial charge on any atom is 0.303 e. The molecule has 1 aromatic carbocycles. The number of fused-ring (bicyclic) bond motifs is 8. The molecule has 3 heteroatoms. The van der Waals surface area contributed by atoms with E-state index >= 15 is 0 Å². The number of benzene rings is 1. The van der Waals surface area contributed by atoms with E-state index in [9.17, 15) is 4.79 Å². The molecule has 0 heterocycles. The van der Waals surface area contributed by atoms with Crippen LogP contribution in [-0.4, -0.2) is 12.1 Å². The Labute approximate surface area is 119 Å². The highest BCUT2D eigenvalue weighted by atomic mass is 16.5. The molecule has 0 saturated carbocycles. The van der Waals surface area contributed by atoms with Gasteiger partial charge in [0.05, 0.1) is 12.0 Å². The summed E-state index contributed by atoms with van der Waals surface area (Å²) < 4.78 is 5.31. The van der Waals surface area contributed by atoms with Crippen molar-refractivity contribution in [3.05, 3.63) is 47.5 Å². The van der Waals surface area contributed by atoms with Crippen LogP contribution in [0.4, 0.5) is 0 Å². The van der Waals surface area contributed by atoms with Crippen molar-refractivity contribution in [3.8, 4) is 6.07 Å². The summed E-state index contributed by atoms with van der Waals surface area (Å²) in [7, 11) is 0. The number of nitriles is 1. The number of nitrogens with zero attached hydrogens (tertiary/aromatic N) is 1. The second-order valence-electron chi connectivity index (χ2n) is 5.18. The molecule has 0 aromatic heterocycles. The lowest BCUT2D eigenvalue weighted by atomic mass is 9.96. The zero-order chi connectivity index (χ0) is 14.4. The fraction of sp³-hybridized carbons (Fsp3) is 0.412. The van der Waals surface area contributed by atoms with Crippen LogP contribution in [0.15, 0.2) is 36.4 Å². The molecule has 0 radical (unpaired) electrons. The second-order valence-corrected chi connectivity index (χ2v) is 5.18. The monoisotopic (exact) mass is 269 g/mol. The number of carbonyl (C=O) groups is 1. The van der Waals surface area contributed by atoms with Crippen LogP contribution in [0.3, 0.4) is 0 Å². The van der Waals surface area contributed by atoms with Crippen molar-refractivity contribution in [2.24, 2.45) is 5.92 Å². The minimum Gasteiger partial charge on any atom is -0.458 e. The molecule has 0 spiro atoms. The van der Waals surface area contributed by atoms with Gasteiger partial charge in [0, 0.05) is 13.3 Å². The Morgan fingerprint density at radius 1 is 1.25 bits per heavy atom. The predicted octanol–water partition coefficient (Wildman–Crippen LogP) is 3.19. The Bertz CT molecular complexity index is 525. The highest BCUT2D eigenvalue weighted by Gasteiger charge is 2.12. The summed E-state index contributed by atoms with van der Waals surface area (Å²) in [6, 6.07) is 10.7. The second kappa shape index (κ2) is 6.91. The lowest BCUT2D eigenvalue weighted by Crippen LogP contribution is -2.17. The summed E-state index contributed by atoms with van der Waals surface area (Å²) in [5.74, 6) is -0.401. The number of carbonyl (C=O) groups excluding carboxylic acids is 1. The van der Waals surface area contributed by atoms with Crippen molar-refractivity contribution in [2.75, 3.05) is 0 Å². The number of aryl methyl sites for hydroxylation is 1. The van der Waals surface area contributed by atoms with Crippen LogP contribution < -0.4 is 0 Å². The van der Waals surface area contributed by atoms with Crippen LogP contribution in [0.1, 0.15) is 30.9 Å². The first kappa shape index (κ1) is 14.3. The molecule has 0 fully saturated rings. The van der Waals surface area contributed by atoms with Crippen molar-refractivity contribution in [3.63, 3.8) is 0 Å². The number of allylic oxidation sites excluding steroid dienone is 1. The van der Waals surface area contributed by atoms with E-state index in [1.807, 2.05) is 12.2 Å². The van der Waals surface area contributed by atoms with Crippen molar-refractivity contribution in [1.29, 1.82) is 5.26 Å². The van der Waals surface area contributed by atoms with Gasteiger partial charge in [-0.2, -0.15) is 5.26 Å². The van der Waals surface area contributed by atoms with Gasteiger partial charge in [0.15, 0.2) is 0 Å². The van der Waals surface area contributed by atoms with Crippen molar-refractivity contribution in [1.82, 2.24) is 0 Å². The molecule has 0 N–H and O–H groups in total. The molecule has 0 saturated heterocycles. The number of rotatable bonds is 1. The SMILES string of the molecule is CC(=O)O[C@H]1/C=C\[C@H](C#N)CCCc2ccc(cc2)C1. The van der Waals surface area contributed by atoms with Gasteiger partial charge in [-0.05, 0) is 36.5 Å². The maximum absolute atomic E-state index is 11.2. The smallest absolute Gasteiger partial charge is 0.303 e. The molecule has 20 heavy (non-hydrogen) atoms. The van der Waals surface area contributed by atoms with Crippen LogP contribution in [0.5, 0.6) is 0 Å². The zero-order valence-corrected chi connectivity index (χ0v) is 11.7. The van der Waals surface area contributed by atoms with Crippen LogP contribution in [-0.2, 0) is 22.4 Å². The summed E-state index contributed by atoms with van der Waals surface area (Å²) in [5, 5.41) is 9.15. The first-order valence-corrected chi connectivity index (χ1v) is 7.00. The van der Waals surface area contributed by atoms with Gasteiger partial charge >= 0.3 is 5.97 Å². The Morgan fingerprint density at radius 2 is 1.95 bits per heavy atom. The van der Waals surface area contributed by atoms with Crippen molar-refractivity contribution < 1.29 is 9.53 Å². The first-order valence-electron chi connectivity index (χ1n) is 7.00. The number of hydrogen-bond donors (Lipinski definition) is 0. The standard InChI is InChI=1S/C17H19NO2/c1-13(19)20-17-10-9-16(12-18)4-2-3-14-5-7-15(11-17)8-6-14/h5-10,16-17H,2-4,11H2,1H3/b10-9-/t16-,17+/m1/s1. The Hall–Kier alpha value is -2.08. The molecular formula is C17H19NO2. The van der Waals surface area contributed by atoms with Gasteiger partial charge in [0.25, 0.3) is 0 Å². The molecular weight excluding hydrogens is 250 g/mol. The third-order valence-corrected chi connectivity index (χ3v) is 3.48. The average molecular weight is 269 g/mol. The summed E-state index contributed by atoms with van der Waals surface area (Å²) in [6.45, 7) is 1.41. The molecule has 3 rings (SSSR count). The van der Waals surface area contributed by atoms with Gasteiger partial charge < -0.3 is 4.74 Å². The average Bonchev–Trinajstić information content (AvgIpc) is 2.41. The first-order chi connectivity index (χ1) is 9.67. The Balaban J connectivity index is 2.22. The topological polar surface area (TPSA) is 50.1 Å². The normalized spacial score (nSPS) is 24.0.